The Morgan fingerprint density at radius 1 is 1.13 bits per heavy atom. The van der Waals surface area contributed by atoms with Gasteiger partial charge in [-0.2, -0.15) is 0 Å². The standard InChI is InChI=1S/C36H52N4O6/c1-9-25-29-20-40(30(25)22(3)41)33(42)31(35(4,5)6)39-34(43)46-36(7)17-11-14-23(36)13-10-12-21(2)18-28-32(45-29)38-27-19-24(44-8)15-16-26(27)37-28/h15-16,19,21,23,25,29-31H,9-14,17-18,20H2,1-8H3,(H,39,43)/t21?,23-,25-,29+,30-,31-,36-/m1/s1. The molecule has 7 atom stereocenters. The molecule has 3 aliphatic rings. The number of aromatic nitrogens is 2. The second-order valence-electron chi connectivity index (χ2n) is 15.1. The fourth-order valence-corrected chi connectivity index (χ4v) is 7.90. The molecule has 2 aliphatic heterocycles. The first-order valence-electron chi connectivity index (χ1n) is 17.1. The summed E-state index contributed by atoms with van der Waals surface area (Å²) in [5.41, 5.74) is 0.966. The van der Waals surface area contributed by atoms with Crippen LogP contribution in [-0.4, -0.2) is 70.1 Å². The molecule has 1 aromatic heterocycles. The van der Waals surface area contributed by atoms with Crippen LogP contribution in [0.25, 0.3) is 11.0 Å². The van der Waals surface area contributed by atoms with Gasteiger partial charge >= 0.3 is 6.09 Å². The molecule has 1 aliphatic carbocycles. The third-order valence-electron chi connectivity index (χ3n) is 10.5. The number of rotatable bonds is 3. The lowest BCUT2D eigenvalue weighted by atomic mass is 9.85. The molecular formula is C36H52N4O6. The molecule has 1 unspecified atom stereocenters. The first-order chi connectivity index (χ1) is 21.7. The minimum absolute atomic E-state index is 0.114. The number of amides is 2. The first-order valence-corrected chi connectivity index (χ1v) is 17.1. The molecule has 10 heteroatoms. The Bertz CT molecular complexity index is 1460. The SMILES string of the molecule is CC[C@@H]1[C@@H]2CN(C(=O)[C@H](C(C)(C)C)NC(=O)O[C@]3(C)CCC[C@H]3CCCC(C)Cc3nc4ccc(OC)cc4nc3O2)[C@@H]1C(C)=O. The number of nitrogens with one attached hydrogen (secondary N) is 1. The molecule has 1 aromatic carbocycles. The number of benzene rings is 1. The van der Waals surface area contributed by atoms with Crippen LogP contribution in [0.1, 0.15) is 99.1 Å². The Kier molecular flexibility index (Phi) is 9.85. The van der Waals surface area contributed by atoms with Crippen molar-refractivity contribution in [2.24, 2.45) is 23.2 Å². The van der Waals surface area contributed by atoms with E-state index in [0.29, 0.717) is 35.9 Å². The summed E-state index contributed by atoms with van der Waals surface area (Å²) in [7, 11) is 1.62. The van der Waals surface area contributed by atoms with E-state index < -0.39 is 35.3 Å². The molecule has 252 valence electrons. The van der Waals surface area contributed by atoms with Crippen molar-refractivity contribution in [3.05, 3.63) is 23.9 Å². The largest absolute Gasteiger partial charge is 0.497 e. The predicted molar refractivity (Wildman–Crippen MR) is 176 cm³/mol. The molecular weight excluding hydrogens is 584 g/mol. The van der Waals surface area contributed by atoms with Crippen molar-refractivity contribution in [3.8, 4) is 11.6 Å². The zero-order valence-electron chi connectivity index (χ0n) is 28.9. The number of methoxy groups -OCH3 is 1. The van der Waals surface area contributed by atoms with E-state index in [1.807, 2.05) is 52.8 Å². The molecule has 10 nitrogen and oxygen atoms in total. The Morgan fingerprint density at radius 2 is 1.87 bits per heavy atom. The molecule has 0 radical (unpaired) electrons. The van der Waals surface area contributed by atoms with Gasteiger partial charge < -0.3 is 24.4 Å². The normalized spacial score (nSPS) is 31.2. The number of carbonyl (C=O) groups excluding carboxylic acids is 3. The van der Waals surface area contributed by atoms with Crippen LogP contribution in [0.2, 0.25) is 0 Å². The topological polar surface area (TPSA) is 120 Å². The van der Waals surface area contributed by atoms with Crippen LogP contribution in [0, 0.1) is 23.2 Å². The maximum atomic E-state index is 14.4. The summed E-state index contributed by atoms with van der Waals surface area (Å²) >= 11 is 0. The summed E-state index contributed by atoms with van der Waals surface area (Å²) in [6.45, 7) is 13.7. The number of carbonyl (C=O) groups is 3. The Labute approximate surface area is 273 Å². The average Bonchev–Trinajstić information content (AvgIpc) is 3.54. The molecule has 2 fully saturated rings. The quantitative estimate of drug-likeness (QED) is 0.419. The highest BCUT2D eigenvalue weighted by Gasteiger charge is 2.51. The third-order valence-corrected chi connectivity index (χ3v) is 10.5. The summed E-state index contributed by atoms with van der Waals surface area (Å²) in [4.78, 5) is 52.7. The second kappa shape index (κ2) is 13.4. The Hall–Kier alpha value is -3.43. The third kappa shape index (κ3) is 6.95. The van der Waals surface area contributed by atoms with E-state index >= 15 is 0 Å². The van der Waals surface area contributed by atoms with Gasteiger partial charge in [-0.3, -0.25) is 9.59 Å². The van der Waals surface area contributed by atoms with E-state index in [-0.39, 0.29) is 30.1 Å². The van der Waals surface area contributed by atoms with Crippen LogP contribution in [0.4, 0.5) is 4.79 Å². The summed E-state index contributed by atoms with van der Waals surface area (Å²) in [5, 5.41) is 2.94. The molecule has 2 bridgehead atoms. The van der Waals surface area contributed by atoms with E-state index in [1.165, 1.54) is 6.92 Å². The highest BCUT2D eigenvalue weighted by atomic mass is 16.6. The molecule has 2 aromatic rings. The van der Waals surface area contributed by atoms with Crippen LogP contribution in [0.5, 0.6) is 11.6 Å². The predicted octanol–water partition coefficient (Wildman–Crippen LogP) is 6.27. The molecule has 1 N–H and O–H groups in total. The van der Waals surface area contributed by atoms with Gasteiger partial charge in [-0.15, -0.1) is 0 Å². The minimum Gasteiger partial charge on any atom is -0.497 e. The Balaban J connectivity index is 1.58. The number of alkyl carbamates (subject to hydrolysis) is 1. The van der Waals surface area contributed by atoms with Crippen molar-refractivity contribution in [3.63, 3.8) is 0 Å². The van der Waals surface area contributed by atoms with E-state index in [4.69, 9.17) is 24.2 Å². The lowest BCUT2D eigenvalue weighted by Gasteiger charge is -2.37. The highest BCUT2D eigenvalue weighted by molar-refractivity contribution is 5.92. The second-order valence-corrected chi connectivity index (χ2v) is 15.1. The number of hydrogen-bond donors (Lipinski definition) is 1. The lowest BCUT2D eigenvalue weighted by Crippen LogP contribution is -2.58. The summed E-state index contributed by atoms with van der Waals surface area (Å²) in [6, 6.07) is 4.05. The smallest absolute Gasteiger partial charge is 0.408 e. The van der Waals surface area contributed by atoms with Gasteiger partial charge in [-0.05, 0) is 81.8 Å². The zero-order chi connectivity index (χ0) is 33.4. The average molecular weight is 637 g/mol. The minimum atomic E-state index is -0.898. The zero-order valence-corrected chi connectivity index (χ0v) is 28.9. The molecule has 46 heavy (non-hydrogen) atoms. The number of fused-ring (bicyclic) bond motifs is 5. The Morgan fingerprint density at radius 3 is 2.54 bits per heavy atom. The lowest BCUT2D eigenvalue weighted by molar-refractivity contribution is -0.141. The van der Waals surface area contributed by atoms with Crippen molar-refractivity contribution in [2.45, 2.75) is 124 Å². The number of nitrogens with zero attached hydrogens (tertiary/aromatic N) is 3. The van der Waals surface area contributed by atoms with Gasteiger partial charge in [0.15, 0.2) is 5.78 Å². The van der Waals surface area contributed by atoms with Crippen molar-refractivity contribution < 1.29 is 28.6 Å². The number of ketones is 1. The molecule has 1 saturated carbocycles. The molecule has 2 amide bonds. The summed E-state index contributed by atoms with van der Waals surface area (Å²) in [5.74, 6) is 0.977. The fourth-order valence-electron chi connectivity index (χ4n) is 7.90. The van der Waals surface area contributed by atoms with Gasteiger partial charge in [0.25, 0.3) is 0 Å². The molecule has 5 rings (SSSR count). The van der Waals surface area contributed by atoms with Gasteiger partial charge in [0.05, 0.1) is 30.7 Å². The van der Waals surface area contributed by atoms with Gasteiger partial charge in [-0.1, -0.05) is 47.5 Å². The fraction of sp³-hybridized carbons (Fsp3) is 0.694. The van der Waals surface area contributed by atoms with Crippen LogP contribution in [0.15, 0.2) is 18.2 Å². The number of hydrogen-bond acceptors (Lipinski definition) is 8. The summed E-state index contributed by atoms with van der Waals surface area (Å²) in [6.07, 6.45) is 5.97. The van der Waals surface area contributed by atoms with E-state index in [9.17, 15) is 14.4 Å². The van der Waals surface area contributed by atoms with Gasteiger partial charge in [0, 0.05) is 12.0 Å². The van der Waals surface area contributed by atoms with Crippen LogP contribution >= 0.6 is 0 Å². The van der Waals surface area contributed by atoms with Crippen LogP contribution in [0.3, 0.4) is 0 Å². The van der Waals surface area contributed by atoms with Crippen LogP contribution < -0.4 is 14.8 Å². The molecule has 0 spiro atoms. The van der Waals surface area contributed by atoms with Crippen LogP contribution in [-0.2, 0) is 20.7 Å². The van der Waals surface area contributed by atoms with Gasteiger partial charge in [-0.25, -0.2) is 14.8 Å². The van der Waals surface area contributed by atoms with Gasteiger partial charge in [0.2, 0.25) is 11.8 Å². The summed E-state index contributed by atoms with van der Waals surface area (Å²) < 4.78 is 18.4. The number of ether oxygens (including phenoxy) is 3. The van der Waals surface area contributed by atoms with Crippen molar-refractivity contribution in [2.75, 3.05) is 13.7 Å². The molecule has 3 heterocycles. The maximum absolute atomic E-state index is 14.4. The first kappa shape index (κ1) is 33.9. The van der Waals surface area contributed by atoms with E-state index in [1.54, 1.807) is 12.0 Å². The molecule has 1 saturated heterocycles. The highest BCUT2D eigenvalue weighted by Crippen LogP contribution is 2.42. The van der Waals surface area contributed by atoms with Gasteiger partial charge in [0.1, 0.15) is 29.2 Å². The van der Waals surface area contributed by atoms with Crippen molar-refractivity contribution in [1.82, 2.24) is 20.2 Å². The van der Waals surface area contributed by atoms with Crippen molar-refractivity contribution >= 4 is 28.8 Å². The monoisotopic (exact) mass is 636 g/mol. The van der Waals surface area contributed by atoms with E-state index in [0.717, 1.165) is 49.7 Å². The van der Waals surface area contributed by atoms with Crippen molar-refractivity contribution in [1.29, 1.82) is 0 Å². The van der Waals surface area contributed by atoms with E-state index in [2.05, 4.69) is 12.2 Å². The number of Topliss-reactive ketones (excluding diaryl/α,β-unsaturated/α-hetero) is 1. The maximum Gasteiger partial charge on any atom is 0.408 e.